The fraction of sp³-hybridized carbons (Fsp3) is 0.750. The Balaban J connectivity index is 2.19. The number of nitrogens with two attached hydrogens (primary N) is 1. The molecule has 0 saturated heterocycles. The molecule has 1 saturated carbocycles. The highest BCUT2D eigenvalue weighted by Crippen LogP contribution is 2.29. The van der Waals surface area contributed by atoms with Crippen LogP contribution in [-0.2, 0) is 0 Å². The summed E-state index contributed by atoms with van der Waals surface area (Å²) in [5.41, 5.74) is 3.68. The molecule has 0 bridgehead atoms. The minimum atomic E-state index is 0.281. The van der Waals surface area contributed by atoms with Gasteiger partial charge in [-0.3, -0.25) is 0 Å². The van der Waals surface area contributed by atoms with Gasteiger partial charge in [0.05, 0.1) is 0 Å². The number of nitrogens with one attached hydrogen (secondary N) is 2. The van der Waals surface area contributed by atoms with Crippen LogP contribution in [0.2, 0.25) is 0 Å². The molecule has 2 rings (SSSR count). The van der Waals surface area contributed by atoms with E-state index < -0.39 is 0 Å². The summed E-state index contributed by atoms with van der Waals surface area (Å²) < 4.78 is 0. The van der Waals surface area contributed by atoms with Gasteiger partial charge in [-0.05, 0) is 32.6 Å². The molecular weight excluding hydrogens is 262 g/mol. The van der Waals surface area contributed by atoms with Gasteiger partial charge in [0.2, 0.25) is 0 Å². The lowest BCUT2D eigenvalue weighted by Crippen LogP contribution is -2.29. The standard InChI is InChI=1S/C16H29N5/c1-10(2)14-19-15(11(3)16(20-14)21-17)18-12(4)13-8-6-5-7-9-13/h10,12-13H,5-9,17H2,1-4H3,(H2,18,19,20,21). The molecule has 4 N–H and O–H groups in total. The highest BCUT2D eigenvalue weighted by Gasteiger charge is 2.22. The summed E-state index contributed by atoms with van der Waals surface area (Å²) >= 11 is 0. The zero-order valence-electron chi connectivity index (χ0n) is 13.7. The van der Waals surface area contributed by atoms with Crippen LogP contribution in [0.15, 0.2) is 0 Å². The zero-order chi connectivity index (χ0) is 15.4. The van der Waals surface area contributed by atoms with Crippen molar-refractivity contribution in [2.75, 3.05) is 10.7 Å². The number of hydrogen-bond acceptors (Lipinski definition) is 5. The first-order chi connectivity index (χ1) is 10.0. The zero-order valence-corrected chi connectivity index (χ0v) is 13.7. The Labute approximate surface area is 128 Å². The van der Waals surface area contributed by atoms with E-state index in [2.05, 4.69) is 36.5 Å². The van der Waals surface area contributed by atoms with Crippen LogP contribution < -0.4 is 16.6 Å². The predicted octanol–water partition coefficient (Wildman–Crippen LogP) is 3.57. The van der Waals surface area contributed by atoms with E-state index in [9.17, 15) is 0 Å². The van der Waals surface area contributed by atoms with E-state index in [-0.39, 0.29) is 5.92 Å². The van der Waals surface area contributed by atoms with E-state index >= 15 is 0 Å². The van der Waals surface area contributed by atoms with E-state index in [1.165, 1.54) is 32.1 Å². The second kappa shape index (κ2) is 7.07. The topological polar surface area (TPSA) is 75.9 Å². The van der Waals surface area contributed by atoms with E-state index in [0.29, 0.717) is 11.9 Å². The number of anilines is 2. The Bertz CT molecular complexity index is 466. The first kappa shape index (κ1) is 16.0. The lowest BCUT2D eigenvalue weighted by molar-refractivity contribution is 0.328. The largest absolute Gasteiger partial charge is 0.367 e. The van der Waals surface area contributed by atoms with Gasteiger partial charge in [0.1, 0.15) is 17.5 Å². The molecule has 0 aromatic carbocycles. The first-order valence-electron chi connectivity index (χ1n) is 8.14. The van der Waals surface area contributed by atoms with Crippen LogP contribution in [0.3, 0.4) is 0 Å². The van der Waals surface area contributed by atoms with Crippen LogP contribution in [0.1, 0.15) is 70.2 Å². The average Bonchev–Trinajstić information content (AvgIpc) is 2.49. The summed E-state index contributed by atoms with van der Waals surface area (Å²) in [6, 6.07) is 0.435. The van der Waals surface area contributed by atoms with Gasteiger partial charge >= 0.3 is 0 Å². The van der Waals surface area contributed by atoms with Crippen molar-refractivity contribution in [3.05, 3.63) is 11.4 Å². The lowest BCUT2D eigenvalue weighted by Gasteiger charge is -2.29. The maximum absolute atomic E-state index is 5.59. The van der Waals surface area contributed by atoms with E-state index in [4.69, 9.17) is 10.8 Å². The Morgan fingerprint density at radius 1 is 1.05 bits per heavy atom. The molecule has 21 heavy (non-hydrogen) atoms. The molecule has 118 valence electrons. The summed E-state index contributed by atoms with van der Waals surface area (Å²) in [7, 11) is 0. The number of rotatable bonds is 5. The molecule has 0 spiro atoms. The smallest absolute Gasteiger partial charge is 0.148 e. The van der Waals surface area contributed by atoms with Crippen molar-refractivity contribution >= 4 is 11.6 Å². The van der Waals surface area contributed by atoms with Gasteiger partial charge < -0.3 is 10.7 Å². The Morgan fingerprint density at radius 2 is 1.67 bits per heavy atom. The van der Waals surface area contributed by atoms with Gasteiger partial charge in [0.15, 0.2) is 0 Å². The normalized spacial score (nSPS) is 17.8. The molecule has 0 aliphatic heterocycles. The second-order valence-electron chi connectivity index (χ2n) is 6.53. The summed E-state index contributed by atoms with van der Waals surface area (Å²) in [5.74, 6) is 9.07. The van der Waals surface area contributed by atoms with Crippen LogP contribution in [0.5, 0.6) is 0 Å². The highest BCUT2D eigenvalue weighted by atomic mass is 15.3. The summed E-state index contributed by atoms with van der Waals surface area (Å²) in [5, 5.41) is 3.60. The lowest BCUT2D eigenvalue weighted by atomic mass is 9.84. The van der Waals surface area contributed by atoms with Gasteiger partial charge in [-0.2, -0.15) is 0 Å². The third kappa shape index (κ3) is 3.84. The van der Waals surface area contributed by atoms with Crippen LogP contribution >= 0.6 is 0 Å². The molecule has 1 aromatic rings. The number of nitrogen functional groups attached to an aromatic ring is 1. The SMILES string of the molecule is Cc1c(NN)nc(C(C)C)nc1NC(C)C1CCCCC1. The fourth-order valence-electron chi connectivity index (χ4n) is 3.04. The molecule has 0 radical (unpaired) electrons. The van der Waals surface area contributed by atoms with Crippen LogP contribution in [0, 0.1) is 12.8 Å². The van der Waals surface area contributed by atoms with Crippen LogP contribution in [0.25, 0.3) is 0 Å². The molecule has 1 fully saturated rings. The molecular formula is C16H29N5. The molecule has 1 atom stereocenters. The quantitative estimate of drug-likeness (QED) is 0.571. The first-order valence-corrected chi connectivity index (χ1v) is 8.14. The Morgan fingerprint density at radius 3 is 2.24 bits per heavy atom. The van der Waals surface area contributed by atoms with Crippen molar-refractivity contribution in [2.24, 2.45) is 11.8 Å². The van der Waals surface area contributed by atoms with Gasteiger partial charge in [0.25, 0.3) is 0 Å². The molecule has 1 aliphatic carbocycles. The molecule has 0 amide bonds. The molecule has 5 heteroatoms. The summed E-state index contributed by atoms with van der Waals surface area (Å²) in [6.07, 6.45) is 6.72. The van der Waals surface area contributed by atoms with Crippen molar-refractivity contribution in [3.63, 3.8) is 0 Å². The van der Waals surface area contributed by atoms with E-state index in [1.54, 1.807) is 0 Å². The molecule has 1 unspecified atom stereocenters. The monoisotopic (exact) mass is 291 g/mol. The minimum Gasteiger partial charge on any atom is -0.367 e. The van der Waals surface area contributed by atoms with Gasteiger partial charge in [-0.1, -0.05) is 33.1 Å². The maximum atomic E-state index is 5.59. The fourth-order valence-corrected chi connectivity index (χ4v) is 3.04. The molecule has 1 aliphatic rings. The predicted molar refractivity (Wildman–Crippen MR) is 88.3 cm³/mol. The van der Waals surface area contributed by atoms with Crippen molar-refractivity contribution in [3.8, 4) is 0 Å². The van der Waals surface area contributed by atoms with Crippen LogP contribution in [-0.4, -0.2) is 16.0 Å². The van der Waals surface area contributed by atoms with Crippen molar-refractivity contribution < 1.29 is 0 Å². The summed E-state index contributed by atoms with van der Waals surface area (Å²) in [4.78, 5) is 9.18. The highest BCUT2D eigenvalue weighted by molar-refractivity contribution is 5.57. The van der Waals surface area contributed by atoms with E-state index in [0.717, 1.165) is 23.1 Å². The average molecular weight is 291 g/mol. The molecule has 5 nitrogen and oxygen atoms in total. The Kier molecular flexibility index (Phi) is 5.39. The number of hydrogen-bond donors (Lipinski definition) is 3. The number of nitrogens with zero attached hydrogens (tertiary/aromatic N) is 2. The number of aromatic nitrogens is 2. The third-order valence-corrected chi connectivity index (χ3v) is 4.54. The van der Waals surface area contributed by atoms with Gasteiger partial charge in [-0.15, -0.1) is 0 Å². The molecule has 1 aromatic heterocycles. The van der Waals surface area contributed by atoms with Crippen molar-refractivity contribution in [1.82, 2.24) is 9.97 Å². The second-order valence-corrected chi connectivity index (χ2v) is 6.53. The van der Waals surface area contributed by atoms with Crippen LogP contribution in [0.4, 0.5) is 11.6 Å². The number of hydrazine groups is 1. The van der Waals surface area contributed by atoms with Gasteiger partial charge in [-0.25, -0.2) is 15.8 Å². The Hall–Kier alpha value is -1.36. The third-order valence-electron chi connectivity index (χ3n) is 4.54. The van der Waals surface area contributed by atoms with E-state index in [1.807, 2.05) is 6.92 Å². The van der Waals surface area contributed by atoms with Crippen molar-refractivity contribution in [2.45, 2.75) is 71.8 Å². The molecule has 1 heterocycles. The summed E-state index contributed by atoms with van der Waals surface area (Å²) in [6.45, 7) is 8.47. The maximum Gasteiger partial charge on any atom is 0.148 e. The minimum absolute atomic E-state index is 0.281. The van der Waals surface area contributed by atoms with Gasteiger partial charge in [0, 0.05) is 17.5 Å². The van der Waals surface area contributed by atoms with Crippen molar-refractivity contribution in [1.29, 1.82) is 0 Å².